The molecule has 0 amide bonds. The van der Waals surface area contributed by atoms with Gasteiger partial charge in [-0.2, -0.15) is 0 Å². The maximum Gasteiger partial charge on any atom is 0.128 e. The standard InChI is InChI=1S/C28H42N4/c1-3-25(2)32(27-14-8-11-18-29-27)24-28(16-9-5-10-17-28)31-22-20-30(21-23-31)19-15-26-12-6-4-7-13-26/h4,6-8,11-14,18,25H,3,5,9-10,15-17,19-24H2,1-2H3. The SMILES string of the molecule is CCC(C)N(CC1(N2CCN(CCc3ccccc3)CC2)CCCCC1)c1ccccn1. The monoisotopic (exact) mass is 434 g/mol. The molecule has 0 bridgehead atoms. The van der Waals surface area contributed by atoms with Crippen LogP contribution in [0.5, 0.6) is 0 Å². The van der Waals surface area contributed by atoms with Crippen molar-refractivity contribution < 1.29 is 0 Å². The summed E-state index contributed by atoms with van der Waals surface area (Å²) in [5.74, 6) is 1.15. The second-order valence-electron chi connectivity index (χ2n) is 9.92. The highest BCUT2D eigenvalue weighted by Gasteiger charge is 2.41. The Kier molecular flexibility index (Phi) is 8.20. The Bertz CT molecular complexity index is 780. The third kappa shape index (κ3) is 5.71. The number of anilines is 1. The zero-order valence-electron chi connectivity index (χ0n) is 20.3. The van der Waals surface area contributed by atoms with Gasteiger partial charge in [0, 0.05) is 57.0 Å². The molecule has 2 aromatic rings. The van der Waals surface area contributed by atoms with E-state index in [1.54, 1.807) is 0 Å². The molecule has 1 aromatic carbocycles. The fourth-order valence-electron chi connectivity index (χ4n) is 5.69. The fraction of sp³-hybridized carbons (Fsp3) is 0.607. The van der Waals surface area contributed by atoms with Crippen molar-refractivity contribution in [2.75, 3.05) is 44.2 Å². The molecule has 1 aliphatic carbocycles. The Morgan fingerprint density at radius 1 is 0.938 bits per heavy atom. The van der Waals surface area contributed by atoms with Gasteiger partial charge in [-0.15, -0.1) is 0 Å². The lowest BCUT2D eigenvalue weighted by atomic mass is 9.79. The Morgan fingerprint density at radius 2 is 1.66 bits per heavy atom. The molecule has 4 nitrogen and oxygen atoms in total. The minimum atomic E-state index is 0.296. The molecular weight excluding hydrogens is 392 g/mol. The lowest BCUT2D eigenvalue weighted by molar-refractivity contribution is 0.0111. The Labute approximate surface area is 195 Å². The van der Waals surface area contributed by atoms with E-state index >= 15 is 0 Å². The van der Waals surface area contributed by atoms with Gasteiger partial charge in [0.05, 0.1) is 0 Å². The molecular formula is C28H42N4. The highest BCUT2D eigenvalue weighted by Crippen LogP contribution is 2.37. The Hall–Kier alpha value is -1.91. The summed E-state index contributed by atoms with van der Waals surface area (Å²) in [6, 6.07) is 17.8. The van der Waals surface area contributed by atoms with E-state index in [0.29, 0.717) is 11.6 Å². The van der Waals surface area contributed by atoms with Crippen molar-refractivity contribution in [2.45, 2.75) is 70.4 Å². The van der Waals surface area contributed by atoms with Crippen molar-refractivity contribution in [3.63, 3.8) is 0 Å². The summed E-state index contributed by atoms with van der Waals surface area (Å²) in [6.45, 7) is 11.8. The van der Waals surface area contributed by atoms with Gasteiger partial charge < -0.3 is 9.80 Å². The predicted octanol–water partition coefficient (Wildman–Crippen LogP) is 5.25. The summed E-state index contributed by atoms with van der Waals surface area (Å²) >= 11 is 0. The van der Waals surface area contributed by atoms with Gasteiger partial charge in [0.15, 0.2) is 0 Å². The summed E-state index contributed by atoms with van der Waals surface area (Å²) in [5.41, 5.74) is 1.75. The van der Waals surface area contributed by atoms with Crippen LogP contribution in [0.4, 0.5) is 5.82 Å². The molecule has 1 unspecified atom stereocenters. The highest BCUT2D eigenvalue weighted by molar-refractivity contribution is 5.40. The molecule has 1 atom stereocenters. The van der Waals surface area contributed by atoms with Gasteiger partial charge in [0.25, 0.3) is 0 Å². The van der Waals surface area contributed by atoms with Crippen LogP contribution in [0.15, 0.2) is 54.7 Å². The van der Waals surface area contributed by atoms with Crippen molar-refractivity contribution in [2.24, 2.45) is 0 Å². The lowest BCUT2D eigenvalue weighted by Crippen LogP contribution is -2.62. The number of hydrogen-bond donors (Lipinski definition) is 0. The molecule has 2 fully saturated rings. The zero-order chi connectivity index (χ0) is 22.2. The van der Waals surface area contributed by atoms with Crippen LogP contribution in [0.25, 0.3) is 0 Å². The van der Waals surface area contributed by atoms with Crippen LogP contribution >= 0.6 is 0 Å². The number of piperazine rings is 1. The summed E-state index contributed by atoms with van der Waals surface area (Å²) in [6.07, 6.45) is 11.0. The molecule has 1 saturated carbocycles. The number of hydrogen-bond acceptors (Lipinski definition) is 4. The molecule has 1 saturated heterocycles. The third-order valence-electron chi connectivity index (χ3n) is 7.92. The van der Waals surface area contributed by atoms with Gasteiger partial charge in [-0.25, -0.2) is 4.98 Å². The van der Waals surface area contributed by atoms with Crippen LogP contribution < -0.4 is 4.90 Å². The summed E-state index contributed by atoms with van der Waals surface area (Å²) in [5, 5.41) is 0. The Morgan fingerprint density at radius 3 is 2.31 bits per heavy atom. The summed E-state index contributed by atoms with van der Waals surface area (Å²) in [4.78, 5) is 12.9. The number of benzene rings is 1. The second kappa shape index (κ2) is 11.3. The van der Waals surface area contributed by atoms with Crippen molar-refractivity contribution in [3.05, 3.63) is 60.3 Å². The maximum atomic E-state index is 4.75. The molecule has 1 aromatic heterocycles. The average molecular weight is 435 g/mol. The van der Waals surface area contributed by atoms with E-state index in [-0.39, 0.29) is 0 Å². The van der Waals surface area contributed by atoms with Crippen molar-refractivity contribution in [1.29, 1.82) is 0 Å². The molecule has 174 valence electrons. The minimum absolute atomic E-state index is 0.296. The van der Waals surface area contributed by atoms with Crippen LogP contribution in [0.1, 0.15) is 57.9 Å². The van der Waals surface area contributed by atoms with Crippen LogP contribution in [-0.4, -0.2) is 65.6 Å². The summed E-state index contributed by atoms with van der Waals surface area (Å²) < 4.78 is 0. The Balaban J connectivity index is 1.42. The second-order valence-corrected chi connectivity index (χ2v) is 9.92. The van der Waals surface area contributed by atoms with Crippen molar-refractivity contribution >= 4 is 5.82 Å². The first kappa shape index (κ1) is 23.3. The minimum Gasteiger partial charge on any atom is -0.352 e. The quantitative estimate of drug-likeness (QED) is 0.538. The van der Waals surface area contributed by atoms with E-state index in [0.717, 1.165) is 25.2 Å². The van der Waals surface area contributed by atoms with E-state index in [1.807, 2.05) is 12.3 Å². The molecule has 0 N–H and O–H groups in total. The van der Waals surface area contributed by atoms with Gasteiger partial charge in [-0.1, -0.05) is 62.6 Å². The van der Waals surface area contributed by atoms with Gasteiger partial charge >= 0.3 is 0 Å². The molecule has 2 heterocycles. The molecule has 32 heavy (non-hydrogen) atoms. The van der Waals surface area contributed by atoms with E-state index < -0.39 is 0 Å². The molecule has 0 radical (unpaired) electrons. The third-order valence-corrected chi connectivity index (χ3v) is 7.92. The van der Waals surface area contributed by atoms with Crippen LogP contribution in [0.2, 0.25) is 0 Å². The number of aromatic nitrogens is 1. The first-order valence-corrected chi connectivity index (χ1v) is 12.9. The van der Waals surface area contributed by atoms with Crippen LogP contribution in [-0.2, 0) is 6.42 Å². The topological polar surface area (TPSA) is 22.6 Å². The van der Waals surface area contributed by atoms with E-state index in [4.69, 9.17) is 4.98 Å². The molecule has 1 aliphatic heterocycles. The van der Waals surface area contributed by atoms with E-state index in [1.165, 1.54) is 70.4 Å². The van der Waals surface area contributed by atoms with Gasteiger partial charge in [0.2, 0.25) is 0 Å². The summed E-state index contributed by atoms with van der Waals surface area (Å²) in [7, 11) is 0. The van der Waals surface area contributed by atoms with Gasteiger partial charge in [-0.3, -0.25) is 4.90 Å². The number of rotatable bonds is 9. The van der Waals surface area contributed by atoms with E-state index in [9.17, 15) is 0 Å². The molecule has 4 heteroatoms. The number of pyridine rings is 1. The molecule has 0 spiro atoms. The predicted molar refractivity (Wildman–Crippen MR) is 135 cm³/mol. The van der Waals surface area contributed by atoms with Crippen molar-refractivity contribution in [3.8, 4) is 0 Å². The number of nitrogens with zero attached hydrogens (tertiary/aromatic N) is 4. The average Bonchev–Trinajstić information content (AvgIpc) is 2.87. The van der Waals surface area contributed by atoms with Crippen LogP contribution in [0, 0.1) is 0 Å². The maximum absolute atomic E-state index is 4.75. The first-order chi connectivity index (χ1) is 15.7. The zero-order valence-corrected chi connectivity index (χ0v) is 20.3. The fourth-order valence-corrected chi connectivity index (χ4v) is 5.69. The highest BCUT2D eigenvalue weighted by atomic mass is 15.3. The smallest absolute Gasteiger partial charge is 0.128 e. The molecule has 4 rings (SSSR count). The van der Waals surface area contributed by atoms with Gasteiger partial charge in [-0.05, 0) is 50.3 Å². The first-order valence-electron chi connectivity index (χ1n) is 12.9. The normalized spacial score (nSPS) is 20.7. The van der Waals surface area contributed by atoms with Gasteiger partial charge in [0.1, 0.15) is 5.82 Å². The molecule has 2 aliphatic rings. The van der Waals surface area contributed by atoms with Crippen LogP contribution in [0.3, 0.4) is 0 Å². The largest absolute Gasteiger partial charge is 0.352 e. The van der Waals surface area contributed by atoms with E-state index in [2.05, 4.69) is 71.0 Å². The lowest BCUT2D eigenvalue weighted by Gasteiger charge is -2.52. The van der Waals surface area contributed by atoms with Crippen molar-refractivity contribution in [1.82, 2.24) is 14.8 Å².